The van der Waals surface area contributed by atoms with E-state index in [9.17, 15) is 8.78 Å². The van der Waals surface area contributed by atoms with Crippen LogP contribution in [-0.4, -0.2) is 30.3 Å². The number of halogens is 2. The molecule has 3 nitrogen and oxygen atoms in total. The molecular formula is C16H20F2N2OS2. The lowest BCUT2D eigenvalue weighted by Crippen LogP contribution is -2.35. The van der Waals surface area contributed by atoms with E-state index < -0.39 is 5.76 Å². The molecule has 3 heterocycles. The lowest BCUT2D eigenvalue weighted by molar-refractivity contribution is 0.251. The molecule has 7 heteroatoms. The van der Waals surface area contributed by atoms with E-state index in [2.05, 4.69) is 21.7 Å². The van der Waals surface area contributed by atoms with E-state index in [1.54, 1.807) is 6.07 Å². The molecule has 0 bridgehead atoms. The number of rotatable bonds is 8. The number of thiophene rings is 1. The van der Waals surface area contributed by atoms with Crippen LogP contribution in [0.15, 0.2) is 28.0 Å². The zero-order valence-electron chi connectivity index (χ0n) is 12.8. The predicted molar refractivity (Wildman–Crippen MR) is 91.0 cm³/mol. The summed E-state index contributed by atoms with van der Waals surface area (Å²) in [6.45, 7) is 4.68. The molecule has 1 N–H and O–H groups in total. The first-order valence-electron chi connectivity index (χ1n) is 7.66. The highest BCUT2D eigenvalue weighted by Gasteiger charge is 2.16. The van der Waals surface area contributed by atoms with Gasteiger partial charge in [0, 0.05) is 31.1 Å². The van der Waals surface area contributed by atoms with E-state index in [1.807, 2.05) is 17.4 Å². The molecule has 23 heavy (non-hydrogen) atoms. The second-order valence-electron chi connectivity index (χ2n) is 5.51. The van der Waals surface area contributed by atoms with Crippen LogP contribution in [0.2, 0.25) is 0 Å². The fraction of sp³-hybridized carbons (Fsp3) is 0.500. The van der Waals surface area contributed by atoms with Crippen LogP contribution in [0.4, 0.5) is 8.78 Å². The molecule has 0 atom stereocenters. The Labute approximate surface area is 143 Å². The summed E-state index contributed by atoms with van der Waals surface area (Å²) in [6.07, 6.45) is 1.15. The zero-order valence-corrected chi connectivity index (χ0v) is 14.4. The summed E-state index contributed by atoms with van der Waals surface area (Å²) >= 11 is 2.44. The topological polar surface area (TPSA) is 28.4 Å². The zero-order chi connectivity index (χ0) is 16.1. The summed E-state index contributed by atoms with van der Waals surface area (Å²) < 4.78 is 29.8. The molecule has 1 aliphatic heterocycles. The Hall–Kier alpha value is -0.890. The normalized spacial score (nSPS) is 15.3. The fourth-order valence-electron chi connectivity index (χ4n) is 2.69. The van der Waals surface area contributed by atoms with Crippen molar-refractivity contribution in [1.29, 1.82) is 0 Å². The van der Waals surface area contributed by atoms with Gasteiger partial charge in [-0.1, -0.05) is 11.8 Å². The highest BCUT2D eigenvalue weighted by atomic mass is 32.2. The van der Waals surface area contributed by atoms with Crippen molar-refractivity contribution in [2.24, 2.45) is 0 Å². The van der Waals surface area contributed by atoms with E-state index in [0.29, 0.717) is 24.1 Å². The Balaban J connectivity index is 1.34. The molecule has 0 aromatic carbocycles. The molecule has 0 aliphatic carbocycles. The van der Waals surface area contributed by atoms with Gasteiger partial charge in [-0.25, -0.2) is 0 Å². The van der Waals surface area contributed by atoms with Crippen molar-refractivity contribution in [2.75, 3.05) is 19.6 Å². The fourth-order valence-corrected chi connectivity index (χ4v) is 4.02. The van der Waals surface area contributed by atoms with Crippen LogP contribution in [0.5, 0.6) is 0 Å². The minimum absolute atomic E-state index is 0.217. The highest BCUT2D eigenvalue weighted by molar-refractivity contribution is 7.98. The molecule has 0 fully saturated rings. The maximum atomic E-state index is 12.1. The third-order valence-electron chi connectivity index (χ3n) is 3.86. The summed E-state index contributed by atoms with van der Waals surface area (Å²) in [5, 5.41) is 5.53. The molecule has 1 aliphatic rings. The second kappa shape index (κ2) is 8.28. The molecule has 0 amide bonds. The van der Waals surface area contributed by atoms with Gasteiger partial charge in [0.1, 0.15) is 11.5 Å². The lowest BCUT2D eigenvalue weighted by Gasteiger charge is -2.26. The number of hydrogen-bond donors (Lipinski definition) is 1. The number of thioether (sulfide) groups is 1. The molecule has 0 radical (unpaired) electrons. The Morgan fingerprint density at radius 2 is 2.17 bits per heavy atom. The van der Waals surface area contributed by atoms with Crippen molar-refractivity contribution in [3.05, 3.63) is 45.5 Å². The number of alkyl halides is 2. The summed E-state index contributed by atoms with van der Waals surface area (Å²) in [7, 11) is 0. The molecule has 3 rings (SSSR count). The van der Waals surface area contributed by atoms with E-state index in [-0.39, 0.29) is 5.75 Å². The van der Waals surface area contributed by atoms with Crippen LogP contribution in [-0.2, 0) is 25.3 Å². The maximum absolute atomic E-state index is 12.1. The van der Waals surface area contributed by atoms with Gasteiger partial charge in [0.25, 0.3) is 5.76 Å². The van der Waals surface area contributed by atoms with E-state index in [0.717, 1.165) is 38.4 Å². The molecule has 0 unspecified atom stereocenters. The van der Waals surface area contributed by atoms with Crippen LogP contribution in [0.1, 0.15) is 22.0 Å². The van der Waals surface area contributed by atoms with E-state index >= 15 is 0 Å². The van der Waals surface area contributed by atoms with Crippen molar-refractivity contribution in [1.82, 2.24) is 10.2 Å². The Kier molecular flexibility index (Phi) is 6.10. The van der Waals surface area contributed by atoms with Gasteiger partial charge in [0.15, 0.2) is 0 Å². The van der Waals surface area contributed by atoms with Crippen LogP contribution >= 0.6 is 23.1 Å². The minimum atomic E-state index is -2.35. The first-order valence-corrected chi connectivity index (χ1v) is 9.59. The van der Waals surface area contributed by atoms with Gasteiger partial charge >= 0.3 is 0 Å². The smallest absolute Gasteiger partial charge is 0.284 e. The van der Waals surface area contributed by atoms with Crippen LogP contribution < -0.4 is 5.32 Å². The second-order valence-corrected chi connectivity index (χ2v) is 7.49. The Morgan fingerprint density at radius 1 is 1.30 bits per heavy atom. The molecule has 0 spiro atoms. The molecule has 2 aromatic heterocycles. The Bertz CT molecular complexity index is 615. The number of fused-ring (bicyclic) bond motifs is 1. The Morgan fingerprint density at radius 3 is 3.04 bits per heavy atom. The largest absolute Gasteiger partial charge is 0.464 e. The molecule has 2 aromatic rings. The minimum Gasteiger partial charge on any atom is -0.464 e. The van der Waals surface area contributed by atoms with E-state index in [4.69, 9.17) is 4.42 Å². The van der Waals surface area contributed by atoms with Gasteiger partial charge < -0.3 is 9.73 Å². The van der Waals surface area contributed by atoms with Gasteiger partial charge in [-0.05, 0) is 35.6 Å². The quantitative estimate of drug-likeness (QED) is 0.724. The summed E-state index contributed by atoms with van der Waals surface area (Å²) in [5.74, 6) is -0.731. The van der Waals surface area contributed by atoms with Gasteiger partial charge in [0.05, 0.1) is 12.3 Å². The number of hydrogen-bond acceptors (Lipinski definition) is 5. The average molecular weight is 358 g/mol. The van der Waals surface area contributed by atoms with Crippen LogP contribution in [0.3, 0.4) is 0 Å². The predicted octanol–water partition coefficient (Wildman–Crippen LogP) is 3.94. The van der Waals surface area contributed by atoms with Crippen molar-refractivity contribution in [3.63, 3.8) is 0 Å². The van der Waals surface area contributed by atoms with Gasteiger partial charge in [0.2, 0.25) is 0 Å². The summed E-state index contributed by atoms with van der Waals surface area (Å²) in [4.78, 5) is 3.98. The maximum Gasteiger partial charge on any atom is 0.284 e. The van der Waals surface area contributed by atoms with Crippen molar-refractivity contribution in [2.45, 2.75) is 31.0 Å². The number of furan rings is 1. The standard InChI is InChI=1S/C16H20F2N2OS2/c17-16(18)23-11-14-2-1-13(21-14)9-19-5-7-20-6-3-15-12(10-20)4-8-22-15/h1-2,4,8,16,19H,3,5-7,9-11H2. The first kappa shape index (κ1) is 17.0. The third-order valence-corrected chi connectivity index (χ3v) is 5.59. The summed E-state index contributed by atoms with van der Waals surface area (Å²) in [5.41, 5.74) is 1.47. The molecule has 126 valence electrons. The SMILES string of the molecule is FC(F)SCc1ccc(CNCCN2CCc3sccc3C2)o1. The van der Waals surface area contributed by atoms with Gasteiger partial charge in [-0.2, -0.15) is 8.78 Å². The first-order chi connectivity index (χ1) is 11.2. The molecular weight excluding hydrogens is 338 g/mol. The van der Waals surface area contributed by atoms with Crippen LogP contribution in [0, 0.1) is 0 Å². The number of nitrogens with one attached hydrogen (secondary N) is 1. The monoisotopic (exact) mass is 358 g/mol. The van der Waals surface area contributed by atoms with Crippen molar-refractivity contribution < 1.29 is 13.2 Å². The van der Waals surface area contributed by atoms with Crippen molar-refractivity contribution >= 4 is 23.1 Å². The van der Waals surface area contributed by atoms with Crippen LogP contribution in [0.25, 0.3) is 0 Å². The van der Waals surface area contributed by atoms with E-state index in [1.165, 1.54) is 10.4 Å². The number of nitrogens with zero attached hydrogens (tertiary/aromatic N) is 1. The average Bonchev–Trinajstić information content (AvgIpc) is 3.18. The van der Waals surface area contributed by atoms with Gasteiger partial charge in [-0.3, -0.25) is 4.90 Å². The highest BCUT2D eigenvalue weighted by Crippen LogP contribution is 2.23. The van der Waals surface area contributed by atoms with Gasteiger partial charge in [-0.15, -0.1) is 11.3 Å². The third kappa shape index (κ3) is 5.04. The lowest BCUT2D eigenvalue weighted by atomic mass is 10.1. The summed E-state index contributed by atoms with van der Waals surface area (Å²) in [6, 6.07) is 5.85. The van der Waals surface area contributed by atoms with Crippen molar-refractivity contribution in [3.8, 4) is 0 Å². The molecule has 0 saturated heterocycles. The molecule has 0 saturated carbocycles.